The van der Waals surface area contributed by atoms with Crippen LogP contribution in [-0.4, -0.2) is 41.3 Å². The second-order valence-corrected chi connectivity index (χ2v) is 6.43. The van der Waals surface area contributed by atoms with Crippen molar-refractivity contribution in [2.24, 2.45) is 0 Å². The summed E-state index contributed by atoms with van der Waals surface area (Å²) in [6.07, 6.45) is 2.13. The summed E-state index contributed by atoms with van der Waals surface area (Å²) >= 11 is 5.17. The Bertz CT molecular complexity index is 648. The molecule has 3 rings (SSSR count). The monoisotopic (exact) mass is 348 g/mol. The number of nitrogens with one attached hydrogen (secondary N) is 3. The van der Waals surface area contributed by atoms with E-state index in [9.17, 15) is 9.59 Å². The maximum Gasteiger partial charge on any atom is 0.344 e. The van der Waals surface area contributed by atoms with E-state index >= 15 is 0 Å². The fraction of sp³-hybridized carbons (Fsp3) is 0.438. The van der Waals surface area contributed by atoms with E-state index in [0.717, 1.165) is 24.5 Å². The Morgan fingerprint density at radius 3 is 2.83 bits per heavy atom. The summed E-state index contributed by atoms with van der Waals surface area (Å²) in [7, 11) is 0. The number of benzene rings is 1. The minimum Gasteiger partial charge on any atom is -0.376 e. The normalized spacial score (nSPS) is 26.4. The average molecular weight is 348 g/mol. The zero-order valence-electron chi connectivity index (χ0n) is 13.4. The second-order valence-electron chi connectivity index (χ2n) is 6.02. The molecule has 2 saturated heterocycles. The molecule has 7 nitrogen and oxygen atoms in total. The zero-order valence-corrected chi connectivity index (χ0v) is 14.2. The lowest BCUT2D eigenvalue weighted by Crippen LogP contribution is -2.52. The van der Waals surface area contributed by atoms with Crippen molar-refractivity contribution in [3.05, 3.63) is 35.9 Å². The largest absolute Gasteiger partial charge is 0.376 e. The Hall–Kier alpha value is -2.19. The lowest BCUT2D eigenvalue weighted by molar-refractivity contribution is -0.132. The first kappa shape index (κ1) is 16.7. The summed E-state index contributed by atoms with van der Waals surface area (Å²) in [6, 6.07) is 8.57. The molecule has 0 spiro atoms. The van der Waals surface area contributed by atoms with Gasteiger partial charge in [-0.15, -0.1) is 0 Å². The molecule has 0 saturated carbocycles. The van der Waals surface area contributed by atoms with Crippen LogP contribution in [0.4, 0.5) is 4.79 Å². The fourth-order valence-corrected chi connectivity index (χ4v) is 3.04. The summed E-state index contributed by atoms with van der Waals surface area (Å²) in [6.45, 7) is 2.98. The number of thiocarbonyl (C=S) groups is 1. The lowest BCUT2D eigenvalue weighted by Gasteiger charge is -2.22. The van der Waals surface area contributed by atoms with Gasteiger partial charge in [0, 0.05) is 13.2 Å². The van der Waals surface area contributed by atoms with E-state index in [2.05, 4.69) is 16.1 Å². The maximum absolute atomic E-state index is 12.7. The smallest absolute Gasteiger partial charge is 0.344 e. The number of amides is 3. The van der Waals surface area contributed by atoms with Crippen LogP contribution in [-0.2, 0) is 15.1 Å². The van der Waals surface area contributed by atoms with E-state index in [1.54, 1.807) is 19.1 Å². The number of rotatable bonds is 4. The molecule has 3 amide bonds. The highest BCUT2D eigenvalue weighted by molar-refractivity contribution is 7.80. The van der Waals surface area contributed by atoms with E-state index in [1.165, 1.54) is 0 Å². The molecular formula is C16H20N4O3S. The van der Waals surface area contributed by atoms with Gasteiger partial charge >= 0.3 is 6.03 Å². The molecule has 0 radical (unpaired) electrons. The van der Waals surface area contributed by atoms with Crippen LogP contribution in [0.15, 0.2) is 30.3 Å². The van der Waals surface area contributed by atoms with Gasteiger partial charge in [0.2, 0.25) is 0 Å². The van der Waals surface area contributed by atoms with E-state index in [4.69, 9.17) is 17.0 Å². The van der Waals surface area contributed by atoms with Gasteiger partial charge in [-0.1, -0.05) is 30.3 Å². The summed E-state index contributed by atoms with van der Waals surface area (Å²) in [5, 5.41) is 6.82. The number of imide groups is 1. The summed E-state index contributed by atoms with van der Waals surface area (Å²) in [5.41, 5.74) is 2.26. The van der Waals surface area contributed by atoms with Crippen LogP contribution < -0.4 is 16.1 Å². The molecule has 1 aromatic carbocycles. The number of hydrogen-bond donors (Lipinski definition) is 3. The SMILES string of the molecule is C[C@@]1(c2ccccc2)NC(=O)N(NC(=S)NC[C@@H]2CCCO2)C1=O. The quantitative estimate of drug-likeness (QED) is 0.557. The minimum absolute atomic E-state index is 0.113. The first-order chi connectivity index (χ1) is 11.5. The molecule has 2 atom stereocenters. The molecule has 3 N–H and O–H groups in total. The summed E-state index contributed by atoms with van der Waals surface area (Å²) in [4.78, 5) is 24.9. The number of carbonyl (C=O) groups excluding carboxylic acids is 2. The predicted molar refractivity (Wildman–Crippen MR) is 91.9 cm³/mol. The number of hydrazine groups is 1. The van der Waals surface area contributed by atoms with Crippen molar-refractivity contribution in [3.8, 4) is 0 Å². The highest BCUT2D eigenvalue weighted by atomic mass is 32.1. The van der Waals surface area contributed by atoms with Crippen LogP contribution in [0.3, 0.4) is 0 Å². The van der Waals surface area contributed by atoms with Crippen molar-refractivity contribution >= 4 is 29.3 Å². The third kappa shape index (κ3) is 3.20. The van der Waals surface area contributed by atoms with Crippen LogP contribution in [0.2, 0.25) is 0 Å². The Morgan fingerprint density at radius 2 is 2.17 bits per heavy atom. The highest BCUT2D eigenvalue weighted by Gasteiger charge is 2.49. The molecule has 2 aliphatic heterocycles. The van der Waals surface area contributed by atoms with Crippen molar-refractivity contribution in [2.75, 3.05) is 13.2 Å². The molecule has 1 aromatic rings. The maximum atomic E-state index is 12.7. The first-order valence-corrected chi connectivity index (χ1v) is 8.30. The molecule has 8 heteroatoms. The molecule has 0 aromatic heterocycles. The van der Waals surface area contributed by atoms with Crippen LogP contribution in [0.5, 0.6) is 0 Å². The molecular weight excluding hydrogens is 328 g/mol. The van der Waals surface area contributed by atoms with Crippen molar-refractivity contribution in [1.29, 1.82) is 0 Å². The number of urea groups is 1. The molecule has 24 heavy (non-hydrogen) atoms. The van der Waals surface area contributed by atoms with Gasteiger partial charge in [0.25, 0.3) is 5.91 Å². The topological polar surface area (TPSA) is 82.7 Å². The van der Waals surface area contributed by atoms with Gasteiger partial charge in [0.1, 0.15) is 5.54 Å². The minimum atomic E-state index is -1.12. The highest BCUT2D eigenvalue weighted by Crippen LogP contribution is 2.27. The summed E-state index contributed by atoms with van der Waals surface area (Å²) < 4.78 is 5.50. The van der Waals surface area contributed by atoms with Gasteiger partial charge < -0.3 is 15.4 Å². The number of hydrogen-bond acceptors (Lipinski definition) is 4. The van der Waals surface area contributed by atoms with E-state index in [1.807, 2.05) is 18.2 Å². The molecule has 128 valence electrons. The molecule has 2 aliphatic rings. The number of nitrogens with zero attached hydrogens (tertiary/aromatic N) is 1. The van der Waals surface area contributed by atoms with E-state index in [-0.39, 0.29) is 11.2 Å². The van der Waals surface area contributed by atoms with Crippen LogP contribution in [0.1, 0.15) is 25.3 Å². The Morgan fingerprint density at radius 1 is 1.42 bits per heavy atom. The third-order valence-electron chi connectivity index (χ3n) is 4.27. The van der Waals surface area contributed by atoms with E-state index in [0.29, 0.717) is 12.1 Å². The van der Waals surface area contributed by atoms with Gasteiger partial charge in [0.15, 0.2) is 5.11 Å². The first-order valence-electron chi connectivity index (χ1n) is 7.89. The number of ether oxygens (including phenoxy) is 1. The van der Waals surface area contributed by atoms with Gasteiger partial charge in [-0.25, -0.2) is 4.79 Å². The van der Waals surface area contributed by atoms with Gasteiger partial charge in [-0.2, -0.15) is 5.01 Å². The van der Waals surface area contributed by atoms with Crippen molar-refractivity contribution in [1.82, 2.24) is 21.1 Å². The Kier molecular flexibility index (Phi) is 4.68. The zero-order chi connectivity index (χ0) is 17.2. The molecule has 0 bridgehead atoms. The molecule has 0 unspecified atom stereocenters. The predicted octanol–water partition coefficient (Wildman–Crippen LogP) is 1.01. The van der Waals surface area contributed by atoms with Gasteiger partial charge in [-0.05, 0) is 37.5 Å². The van der Waals surface area contributed by atoms with Gasteiger partial charge in [0.05, 0.1) is 6.10 Å². The third-order valence-corrected chi connectivity index (χ3v) is 4.51. The Balaban J connectivity index is 1.63. The molecule has 2 fully saturated rings. The summed E-state index contributed by atoms with van der Waals surface area (Å²) in [5.74, 6) is -0.403. The van der Waals surface area contributed by atoms with E-state index < -0.39 is 17.5 Å². The van der Waals surface area contributed by atoms with Crippen molar-refractivity contribution in [2.45, 2.75) is 31.4 Å². The number of carbonyl (C=O) groups is 2. The van der Waals surface area contributed by atoms with Gasteiger partial charge in [-0.3, -0.25) is 10.2 Å². The Labute approximate surface area is 145 Å². The molecule has 0 aliphatic carbocycles. The fourth-order valence-electron chi connectivity index (χ4n) is 2.86. The van der Waals surface area contributed by atoms with Crippen molar-refractivity contribution in [3.63, 3.8) is 0 Å². The lowest BCUT2D eigenvalue weighted by atomic mass is 9.92. The van der Waals surface area contributed by atoms with Crippen molar-refractivity contribution < 1.29 is 14.3 Å². The van der Waals surface area contributed by atoms with Crippen LogP contribution >= 0.6 is 12.2 Å². The van der Waals surface area contributed by atoms with Crippen LogP contribution in [0, 0.1) is 0 Å². The second kappa shape index (κ2) is 6.74. The standard InChI is InChI=1S/C16H20N4O3S/c1-16(11-6-3-2-4-7-11)13(21)20(15(22)18-16)19-14(24)17-10-12-8-5-9-23-12/h2-4,6-7,12H,5,8-10H2,1H3,(H,18,22)(H2,17,19,24)/t12-,16-/m0/s1. The average Bonchev–Trinajstić information content (AvgIpc) is 3.17. The molecule has 2 heterocycles. The van der Waals surface area contributed by atoms with Crippen LogP contribution in [0.25, 0.3) is 0 Å².